The lowest BCUT2D eigenvalue weighted by Gasteiger charge is -2.17. The standard InChI is InChI=1S/C24H23FN4O/c1-3-12-28(2)24(30)20-14-22(18-9-5-4-6-10-18)27-23-21(20)15-26-29(23)16-17-8-7-11-19(25)13-17/h4-11,13-15H,3,12,16H2,1-2H3. The third-order valence-corrected chi connectivity index (χ3v) is 5.04. The van der Waals surface area contributed by atoms with Gasteiger partial charge in [-0.15, -0.1) is 0 Å². The molecule has 30 heavy (non-hydrogen) atoms. The molecule has 0 N–H and O–H groups in total. The number of carbonyl (C=O) groups excluding carboxylic acids is 1. The Kier molecular flexibility index (Phi) is 5.57. The fraction of sp³-hybridized carbons (Fsp3) is 0.208. The van der Waals surface area contributed by atoms with Gasteiger partial charge in [0.2, 0.25) is 0 Å². The van der Waals surface area contributed by atoms with Crippen LogP contribution < -0.4 is 0 Å². The first kappa shape index (κ1) is 19.8. The zero-order chi connectivity index (χ0) is 21.1. The molecule has 0 aliphatic heterocycles. The second kappa shape index (κ2) is 8.45. The Labute approximate surface area is 174 Å². The maximum atomic E-state index is 13.6. The lowest BCUT2D eigenvalue weighted by molar-refractivity contribution is 0.0797. The topological polar surface area (TPSA) is 51.0 Å². The number of carbonyl (C=O) groups is 1. The molecule has 0 unspecified atom stereocenters. The molecule has 5 nitrogen and oxygen atoms in total. The van der Waals surface area contributed by atoms with Crippen molar-refractivity contribution in [3.05, 3.63) is 83.8 Å². The summed E-state index contributed by atoms with van der Waals surface area (Å²) in [7, 11) is 1.80. The smallest absolute Gasteiger partial charge is 0.254 e. The van der Waals surface area contributed by atoms with Gasteiger partial charge in [0.15, 0.2) is 5.65 Å². The van der Waals surface area contributed by atoms with Crippen molar-refractivity contribution in [1.29, 1.82) is 0 Å². The highest BCUT2D eigenvalue weighted by Crippen LogP contribution is 2.26. The molecule has 152 valence electrons. The number of benzene rings is 2. The van der Waals surface area contributed by atoms with Crippen molar-refractivity contribution in [3.63, 3.8) is 0 Å². The average molecular weight is 402 g/mol. The van der Waals surface area contributed by atoms with Gasteiger partial charge in [0.1, 0.15) is 5.82 Å². The van der Waals surface area contributed by atoms with Gasteiger partial charge in [-0.25, -0.2) is 14.1 Å². The van der Waals surface area contributed by atoms with E-state index in [0.717, 1.165) is 17.5 Å². The van der Waals surface area contributed by atoms with E-state index in [9.17, 15) is 9.18 Å². The predicted octanol–water partition coefficient (Wildman–Crippen LogP) is 4.77. The van der Waals surface area contributed by atoms with Gasteiger partial charge in [0.05, 0.1) is 29.4 Å². The number of pyridine rings is 1. The SMILES string of the molecule is CCCN(C)C(=O)c1cc(-c2ccccc2)nc2c1cnn2Cc1cccc(F)c1. The molecule has 0 saturated carbocycles. The Morgan fingerprint density at radius 2 is 1.90 bits per heavy atom. The predicted molar refractivity (Wildman–Crippen MR) is 116 cm³/mol. The number of fused-ring (bicyclic) bond motifs is 1. The zero-order valence-corrected chi connectivity index (χ0v) is 17.0. The fourth-order valence-electron chi connectivity index (χ4n) is 3.55. The lowest BCUT2D eigenvalue weighted by atomic mass is 10.1. The van der Waals surface area contributed by atoms with E-state index in [-0.39, 0.29) is 11.7 Å². The van der Waals surface area contributed by atoms with E-state index in [1.54, 1.807) is 28.9 Å². The lowest BCUT2D eigenvalue weighted by Crippen LogP contribution is -2.27. The Morgan fingerprint density at radius 1 is 1.10 bits per heavy atom. The molecule has 1 amide bonds. The summed E-state index contributed by atoms with van der Waals surface area (Å²) in [4.78, 5) is 19.7. The molecule has 0 saturated heterocycles. The van der Waals surface area contributed by atoms with E-state index in [2.05, 4.69) is 5.10 Å². The Morgan fingerprint density at radius 3 is 2.63 bits per heavy atom. The summed E-state index contributed by atoms with van der Waals surface area (Å²) < 4.78 is 15.3. The van der Waals surface area contributed by atoms with Crippen molar-refractivity contribution in [2.45, 2.75) is 19.9 Å². The van der Waals surface area contributed by atoms with Crippen LogP contribution in [-0.4, -0.2) is 39.2 Å². The summed E-state index contributed by atoms with van der Waals surface area (Å²) in [6, 6.07) is 18.0. The maximum Gasteiger partial charge on any atom is 0.254 e. The normalized spacial score (nSPS) is 11.0. The molecule has 0 atom stereocenters. The van der Waals surface area contributed by atoms with Crippen molar-refractivity contribution >= 4 is 16.9 Å². The van der Waals surface area contributed by atoms with Crippen LogP contribution in [0.5, 0.6) is 0 Å². The minimum absolute atomic E-state index is 0.0632. The first-order valence-electron chi connectivity index (χ1n) is 9.98. The van der Waals surface area contributed by atoms with Crippen LogP contribution in [0.25, 0.3) is 22.3 Å². The molecular weight excluding hydrogens is 379 g/mol. The molecule has 4 rings (SSSR count). The number of halogens is 1. The quantitative estimate of drug-likeness (QED) is 0.467. The fourth-order valence-corrected chi connectivity index (χ4v) is 3.55. The molecule has 2 aromatic heterocycles. The number of aromatic nitrogens is 3. The van der Waals surface area contributed by atoms with Gasteiger partial charge < -0.3 is 4.90 Å². The summed E-state index contributed by atoms with van der Waals surface area (Å²) in [5.74, 6) is -0.356. The first-order chi connectivity index (χ1) is 14.6. The van der Waals surface area contributed by atoms with Gasteiger partial charge >= 0.3 is 0 Å². The summed E-state index contributed by atoms with van der Waals surface area (Å²) in [6.45, 7) is 3.07. The van der Waals surface area contributed by atoms with Gasteiger partial charge in [0.25, 0.3) is 5.91 Å². The zero-order valence-electron chi connectivity index (χ0n) is 17.0. The number of amides is 1. The molecule has 4 aromatic rings. The first-order valence-corrected chi connectivity index (χ1v) is 9.98. The Bertz CT molecular complexity index is 1190. The van der Waals surface area contributed by atoms with Gasteiger partial charge in [-0.2, -0.15) is 5.10 Å². The van der Waals surface area contributed by atoms with Crippen LogP contribution in [0.1, 0.15) is 29.3 Å². The van der Waals surface area contributed by atoms with Crippen LogP contribution in [0, 0.1) is 5.82 Å². The van der Waals surface area contributed by atoms with Crippen LogP contribution in [0.15, 0.2) is 66.9 Å². The molecular formula is C24H23FN4O. The molecule has 2 aromatic carbocycles. The van der Waals surface area contributed by atoms with Crippen LogP contribution in [0.4, 0.5) is 4.39 Å². The molecule has 6 heteroatoms. The van der Waals surface area contributed by atoms with E-state index >= 15 is 0 Å². The summed E-state index contributed by atoms with van der Waals surface area (Å²) >= 11 is 0. The van der Waals surface area contributed by atoms with Crippen molar-refractivity contribution in [2.75, 3.05) is 13.6 Å². The van der Waals surface area contributed by atoms with E-state index < -0.39 is 0 Å². The largest absolute Gasteiger partial charge is 0.342 e. The second-order valence-corrected chi connectivity index (χ2v) is 7.32. The summed E-state index contributed by atoms with van der Waals surface area (Å²) in [5.41, 5.74) is 3.58. The van der Waals surface area contributed by atoms with Gasteiger partial charge in [-0.1, -0.05) is 49.4 Å². The van der Waals surface area contributed by atoms with Gasteiger partial charge in [0, 0.05) is 19.2 Å². The van der Waals surface area contributed by atoms with Crippen molar-refractivity contribution in [2.24, 2.45) is 0 Å². The molecule has 0 aliphatic carbocycles. The number of hydrogen-bond donors (Lipinski definition) is 0. The minimum atomic E-state index is -0.293. The number of nitrogens with zero attached hydrogens (tertiary/aromatic N) is 4. The molecule has 0 bridgehead atoms. The van der Waals surface area contributed by atoms with Crippen LogP contribution in [-0.2, 0) is 6.54 Å². The van der Waals surface area contributed by atoms with E-state index in [4.69, 9.17) is 4.98 Å². The maximum absolute atomic E-state index is 13.6. The molecule has 0 radical (unpaired) electrons. The van der Waals surface area contributed by atoms with Crippen molar-refractivity contribution in [3.8, 4) is 11.3 Å². The number of hydrogen-bond acceptors (Lipinski definition) is 3. The molecule has 0 fully saturated rings. The third kappa shape index (κ3) is 3.94. The highest BCUT2D eigenvalue weighted by molar-refractivity contribution is 6.06. The highest BCUT2D eigenvalue weighted by Gasteiger charge is 2.20. The minimum Gasteiger partial charge on any atom is -0.342 e. The second-order valence-electron chi connectivity index (χ2n) is 7.32. The van der Waals surface area contributed by atoms with Gasteiger partial charge in [-0.05, 0) is 30.2 Å². The van der Waals surface area contributed by atoms with Crippen LogP contribution in [0.3, 0.4) is 0 Å². The Balaban J connectivity index is 1.85. The van der Waals surface area contributed by atoms with Gasteiger partial charge in [-0.3, -0.25) is 4.79 Å². The van der Waals surface area contributed by atoms with Crippen LogP contribution in [0.2, 0.25) is 0 Å². The van der Waals surface area contributed by atoms with E-state index in [1.807, 2.05) is 49.4 Å². The van der Waals surface area contributed by atoms with Crippen molar-refractivity contribution < 1.29 is 9.18 Å². The average Bonchev–Trinajstić information content (AvgIpc) is 3.16. The monoisotopic (exact) mass is 402 g/mol. The summed E-state index contributed by atoms with van der Waals surface area (Å²) in [6.07, 6.45) is 2.55. The highest BCUT2D eigenvalue weighted by atomic mass is 19.1. The summed E-state index contributed by atoms with van der Waals surface area (Å²) in [5, 5.41) is 5.16. The van der Waals surface area contributed by atoms with Crippen molar-refractivity contribution in [1.82, 2.24) is 19.7 Å². The van der Waals surface area contributed by atoms with E-state index in [0.29, 0.717) is 35.4 Å². The third-order valence-electron chi connectivity index (χ3n) is 5.04. The molecule has 2 heterocycles. The number of rotatable bonds is 6. The Hall–Kier alpha value is -3.54. The molecule has 0 spiro atoms. The molecule has 0 aliphatic rings. The van der Waals surface area contributed by atoms with Crippen LogP contribution >= 0.6 is 0 Å². The van der Waals surface area contributed by atoms with E-state index in [1.165, 1.54) is 12.1 Å².